The molecule has 0 heterocycles. The number of nitrogens with zero attached hydrogens (tertiary/aromatic N) is 2. The third-order valence-electron chi connectivity index (χ3n) is 4.24. The van der Waals surface area contributed by atoms with Crippen LogP contribution < -0.4 is 10.2 Å². The molecule has 0 atom stereocenters. The van der Waals surface area contributed by atoms with Gasteiger partial charge in [0, 0.05) is 21.7 Å². The third-order valence-corrected chi connectivity index (χ3v) is 4.65. The van der Waals surface area contributed by atoms with Crippen molar-refractivity contribution in [3.8, 4) is 11.8 Å². The lowest BCUT2D eigenvalue weighted by Gasteiger charge is -2.10. The van der Waals surface area contributed by atoms with E-state index >= 15 is 0 Å². The molecule has 0 aromatic heterocycles. The number of carbonyl (C=O) groups is 1. The van der Waals surface area contributed by atoms with E-state index in [1.54, 1.807) is 30.3 Å². The standard InChI is InChI=1S/C23H18ClN3O2/c1-16-10-11-17(12-21(16)24)23(28)27-26-14-19-7-4-5-9-22(19)29-15-20-8-3-2-6-18(20)13-25/h2-12,14H,15H2,1H3,(H,27,28)/b26-14-. The Balaban J connectivity index is 1.68. The lowest BCUT2D eigenvalue weighted by atomic mass is 10.1. The van der Waals surface area contributed by atoms with Crippen LogP contribution in [0.2, 0.25) is 5.02 Å². The Morgan fingerprint density at radius 2 is 1.93 bits per heavy atom. The second-order valence-corrected chi connectivity index (χ2v) is 6.67. The first kappa shape index (κ1) is 20.1. The summed E-state index contributed by atoms with van der Waals surface area (Å²) in [5, 5.41) is 13.7. The minimum Gasteiger partial charge on any atom is -0.488 e. The van der Waals surface area contributed by atoms with E-state index in [0.29, 0.717) is 27.5 Å². The molecule has 0 aliphatic heterocycles. The Labute approximate surface area is 174 Å². The van der Waals surface area contributed by atoms with Crippen molar-refractivity contribution in [1.29, 1.82) is 5.26 Å². The van der Waals surface area contributed by atoms with Gasteiger partial charge >= 0.3 is 0 Å². The molecule has 3 rings (SSSR count). The zero-order chi connectivity index (χ0) is 20.6. The number of halogens is 1. The molecule has 29 heavy (non-hydrogen) atoms. The number of amides is 1. The zero-order valence-corrected chi connectivity index (χ0v) is 16.5. The fraction of sp³-hybridized carbons (Fsp3) is 0.0870. The van der Waals surface area contributed by atoms with Crippen LogP contribution in [0.15, 0.2) is 71.8 Å². The molecule has 5 nitrogen and oxygen atoms in total. The highest BCUT2D eigenvalue weighted by atomic mass is 35.5. The van der Waals surface area contributed by atoms with Gasteiger partial charge in [0.2, 0.25) is 0 Å². The predicted molar refractivity (Wildman–Crippen MR) is 113 cm³/mol. The normalized spacial score (nSPS) is 10.5. The number of nitrogens with one attached hydrogen (secondary N) is 1. The second kappa shape index (κ2) is 9.54. The van der Waals surface area contributed by atoms with Gasteiger partial charge in [0.25, 0.3) is 5.91 Å². The maximum absolute atomic E-state index is 12.2. The fourth-order valence-corrected chi connectivity index (χ4v) is 2.77. The lowest BCUT2D eigenvalue weighted by Crippen LogP contribution is -2.17. The Morgan fingerprint density at radius 3 is 2.72 bits per heavy atom. The molecule has 3 aromatic carbocycles. The van der Waals surface area contributed by atoms with Gasteiger partial charge in [-0.25, -0.2) is 5.43 Å². The Bertz CT molecular complexity index is 1100. The van der Waals surface area contributed by atoms with Crippen LogP contribution in [-0.4, -0.2) is 12.1 Å². The van der Waals surface area contributed by atoms with Crippen molar-refractivity contribution in [2.75, 3.05) is 0 Å². The number of rotatable bonds is 6. The molecular weight excluding hydrogens is 386 g/mol. The van der Waals surface area contributed by atoms with Crippen molar-refractivity contribution in [3.63, 3.8) is 0 Å². The van der Waals surface area contributed by atoms with Gasteiger partial charge in [-0.1, -0.05) is 48.0 Å². The zero-order valence-electron chi connectivity index (χ0n) is 15.7. The first-order valence-corrected chi connectivity index (χ1v) is 9.25. The molecule has 0 saturated carbocycles. The van der Waals surface area contributed by atoms with Crippen LogP contribution in [0.25, 0.3) is 0 Å². The van der Waals surface area contributed by atoms with E-state index in [9.17, 15) is 10.1 Å². The van der Waals surface area contributed by atoms with Gasteiger partial charge in [0.05, 0.1) is 17.8 Å². The Morgan fingerprint density at radius 1 is 1.17 bits per heavy atom. The van der Waals surface area contributed by atoms with Crippen molar-refractivity contribution < 1.29 is 9.53 Å². The summed E-state index contributed by atoms with van der Waals surface area (Å²) in [7, 11) is 0. The van der Waals surface area contributed by atoms with Gasteiger partial charge in [-0.15, -0.1) is 0 Å². The van der Waals surface area contributed by atoms with Gasteiger partial charge in [-0.2, -0.15) is 10.4 Å². The monoisotopic (exact) mass is 403 g/mol. The minimum atomic E-state index is -0.357. The van der Waals surface area contributed by atoms with Crippen molar-refractivity contribution in [2.45, 2.75) is 13.5 Å². The number of hydrazone groups is 1. The quantitative estimate of drug-likeness (QED) is 0.471. The highest BCUT2D eigenvalue weighted by Gasteiger charge is 2.07. The average molecular weight is 404 g/mol. The summed E-state index contributed by atoms with van der Waals surface area (Å²) in [4.78, 5) is 12.2. The number of hydrogen-bond donors (Lipinski definition) is 1. The van der Waals surface area contributed by atoms with Gasteiger partial charge in [-0.3, -0.25) is 4.79 Å². The van der Waals surface area contributed by atoms with E-state index in [4.69, 9.17) is 16.3 Å². The maximum Gasteiger partial charge on any atom is 0.271 e. The average Bonchev–Trinajstić information content (AvgIpc) is 2.75. The van der Waals surface area contributed by atoms with Crippen molar-refractivity contribution >= 4 is 23.7 Å². The summed E-state index contributed by atoms with van der Waals surface area (Å²) in [6.45, 7) is 2.12. The molecule has 6 heteroatoms. The van der Waals surface area contributed by atoms with E-state index in [0.717, 1.165) is 11.1 Å². The summed E-state index contributed by atoms with van der Waals surface area (Å²) in [6, 6.07) is 21.8. The largest absolute Gasteiger partial charge is 0.488 e. The highest BCUT2D eigenvalue weighted by molar-refractivity contribution is 6.31. The van der Waals surface area contributed by atoms with Crippen LogP contribution in [0.3, 0.4) is 0 Å². The first-order chi connectivity index (χ1) is 14.1. The summed E-state index contributed by atoms with van der Waals surface area (Å²) >= 11 is 6.06. The summed E-state index contributed by atoms with van der Waals surface area (Å²) < 4.78 is 5.86. The molecule has 1 amide bonds. The highest BCUT2D eigenvalue weighted by Crippen LogP contribution is 2.19. The van der Waals surface area contributed by atoms with E-state index in [1.807, 2.05) is 43.3 Å². The van der Waals surface area contributed by atoms with Crippen molar-refractivity contribution in [1.82, 2.24) is 5.43 Å². The summed E-state index contributed by atoms with van der Waals surface area (Å²) in [5.41, 5.74) is 5.88. The van der Waals surface area contributed by atoms with Crippen LogP contribution in [0.1, 0.15) is 32.6 Å². The van der Waals surface area contributed by atoms with Gasteiger partial charge in [0.15, 0.2) is 0 Å². The molecule has 0 radical (unpaired) electrons. The predicted octanol–water partition coefficient (Wildman–Crippen LogP) is 4.86. The Kier molecular flexibility index (Phi) is 6.62. The smallest absolute Gasteiger partial charge is 0.271 e. The fourth-order valence-electron chi connectivity index (χ4n) is 2.59. The minimum absolute atomic E-state index is 0.253. The maximum atomic E-state index is 12.2. The molecular formula is C23H18ClN3O2. The molecule has 0 unspecified atom stereocenters. The number of carbonyl (C=O) groups excluding carboxylic acids is 1. The molecule has 144 valence electrons. The van der Waals surface area contributed by atoms with Crippen LogP contribution in [-0.2, 0) is 6.61 Å². The van der Waals surface area contributed by atoms with Crippen LogP contribution in [0.4, 0.5) is 0 Å². The topological polar surface area (TPSA) is 74.5 Å². The third kappa shape index (κ3) is 5.22. The molecule has 0 spiro atoms. The molecule has 0 aliphatic rings. The van der Waals surface area contributed by atoms with Gasteiger partial charge in [-0.05, 0) is 42.8 Å². The van der Waals surface area contributed by atoms with E-state index in [2.05, 4.69) is 16.6 Å². The van der Waals surface area contributed by atoms with Crippen molar-refractivity contribution in [3.05, 3.63) is 99.6 Å². The Hall–Kier alpha value is -3.62. The van der Waals surface area contributed by atoms with Crippen LogP contribution >= 0.6 is 11.6 Å². The molecule has 0 aliphatic carbocycles. The van der Waals surface area contributed by atoms with Gasteiger partial charge < -0.3 is 4.74 Å². The van der Waals surface area contributed by atoms with Crippen LogP contribution in [0, 0.1) is 18.3 Å². The number of benzene rings is 3. The lowest BCUT2D eigenvalue weighted by molar-refractivity contribution is 0.0955. The molecule has 0 bridgehead atoms. The van der Waals surface area contributed by atoms with E-state index in [1.165, 1.54) is 6.21 Å². The number of nitriles is 1. The van der Waals surface area contributed by atoms with Crippen molar-refractivity contribution in [2.24, 2.45) is 5.10 Å². The van der Waals surface area contributed by atoms with Crippen LogP contribution in [0.5, 0.6) is 5.75 Å². The van der Waals surface area contributed by atoms with E-state index < -0.39 is 0 Å². The molecule has 0 fully saturated rings. The second-order valence-electron chi connectivity index (χ2n) is 6.26. The number of para-hydroxylation sites is 1. The molecule has 3 aromatic rings. The molecule has 1 N–H and O–H groups in total. The summed E-state index contributed by atoms with van der Waals surface area (Å²) in [5.74, 6) is 0.237. The summed E-state index contributed by atoms with van der Waals surface area (Å²) in [6.07, 6.45) is 1.51. The number of hydrogen-bond acceptors (Lipinski definition) is 4. The van der Waals surface area contributed by atoms with E-state index in [-0.39, 0.29) is 12.5 Å². The van der Waals surface area contributed by atoms with Gasteiger partial charge in [0.1, 0.15) is 12.4 Å². The number of ether oxygens (including phenoxy) is 1. The first-order valence-electron chi connectivity index (χ1n) is 8.88. The number of aryl methyl sites for hydroxylation is 1. The SMILES string of the molecule is Cc1ccc(C(=O)N/N=C\c2ccccc2OCc2ccccc2C#N)cc1Cl. The molecule has 0 saturated heterocycles.